The zero-order valence-corrected chi connectivity index (χ0v) is 19.8. The van der Waals surface area contributed by atoms with Gasteiger partial charge >= 0.3 is 0 Å². The number of fused-ring (bicyclic) bond motifs is 7. The molecule has 0 unspecified atom stereocenters. The molecule has 3 aromatic rings. The van der Waals surface area contributed by atoms with E-state index in [1.807, 2.05) is 41.3 Å². The van der Waals surface area contributed by atoms with E-state index >= 15 is 0 Å². The Balaban J connectivity index is 1.09. The molecule has 4 aliphatic rings. The van der Waals surface area contributed by atoms with E-state index in [-0.39, 0.29) is 41.4 Å². The molecule has 3 heterocycles. The summed E-state index contributed by atoms with van der Waals surface area (Å²) >= 11 is 2.93. The average Bonchev–Trinajstić information content (AvgIpc) is 3.65. The molecule has 2 bridgehead atoms. The van der Waals surface area contributed by atoms with E-state index in [9.17, 15) is 14.4 Å². The number of para-hydroxylation sites is 1. The molecule has 0 spiro atoms. The molecular weight excluding hydrogens is 466 g/mol. The Bertz CT molecular complexity index is 1380. The summed E-state index contributed by atoms with van der Waals surface area (Å²) < 4.78 is 1.73. The number of hydrogen-bond donors (Lipinski definition) is 0. The molecule has 1 aromatic heterocycles. The summed E-state index contributed by atoms with van der Waals surface area (Å²) in [7, 11) is 0. The van der Waals surface area contributed by atoms with Crippen LogP contribution in [0.2, 0.25) is 0 Å². The fourth-order valence-corrected chi connectivity index (χ4v) is 8.03. The van der Waals surface area contributed by atoms with Crippen molar-refractivity contribution in [3.8, 4) is 0 Å². The van der Waals surface area contributed by atoms with Gasteiger partial charge in [0.05, 0.1) is 33.5 Å². The summed E-state index contributed by atoms with van der Waals surface area (Å²) in [5.74, 6) is 0.267. The smallest absolute Gasteiger partial charge is 0.238 e. The van der Waals surface area contributed by atoms with Crippen LogP contribution in [0, 0.1) is 23.7 Å². The second kappa shape index (κ2) is 7.52. The minimum atomic E-state index is -0.201. The molecule has 8 heteroatoms. The molecule has 4 atom stereocenters. The second-order valence-corrected chi connectivity index (χ2v) is 11.6. The highest BCUT2D eigenvalue weighted by Gasteiger charge is 2.59. The van der Waals surface area contributed by atoms with E-state index in [0.29, 0.717) is 11.4 Å². The Hall–Kier alpha value is -2.97. The number of rotatable bonds is 4. The van der Waals surface area contributed by atoms with Crippen LogP contribution in [0.3, 0.4) is 0 Å². The van der Waals surface area contributed by atoms with Crippen LogP contribution in [0.25, 0.3) is 10.2 Å². The van der Waals surface area contributed by atoms with Crippen LogP contribution in [0.15, 0.2) is 59.0 Å². The number of benzene rings is 2. The maximum atomic E-state index is 13.1. The molecule has 2 aliphatic carbocycles. The zero-order valence-electron chi connectivity index (χ0n) is 18.2. The Kier molecular flexibility index (Phi) is 4.51. The number of hydrogen-bond acceptors (Lipinski definition) is 6. The number of amides is 3. The molecule has 6 nitrogen and oxygen atoms in total. The standard InChI is InChI=1S/C26H21N3O3S2/c30-21(28-10-9-14-3-1-2-4-19(14)28)13-33-26-27-18-8-7-17(12-20(18)34-26)29-24(31)22-15-5-6-16(11-15)23(22)25(29)32/h1-8,12,15-16,22-23H,9-11,13H2/t15-,16-,22-,23-/m0/s1. The fourth-order valence-electron chi connectivity index (χ4n) is 6.05. The highest BCUT2D eigenvalue weighted by atomic mass is 32.2. The van der Waals surface area contributed by atoms with Gasteiger partial charge in [-0.1, -0.05) is 42.1 Å². The first-order valence-corrected chi connectivity index (χ1v) is 13.4. The van der Waals surface area contributed by atoms with Crippen LogP contribution in [0.1, 0.15) is 12.0 Å². The first kappa shape index (κ1) is 20.4. The van der Waals surface area contributed by atoms with E-state index in [2.05, 4.69) is 23.2 Å². The summed E-state index contributed by atoms with van der Waals surface area (Å²) in [5, 5.41) is 0. The SMILES string of the molecule is O=C(CSc1nc2ccc(N3C(=O)[C@@H]4[C@@H](C3=O)[C@H]3C=C[C@H]4C3)cc2s1)N1CCc2ccccc21. The van der Waals surface area contributed by atoms with Crippen molar-refractivity contribution in [3.63, 3.8) is 0 Å². The van der Waals surface area contributed by atoms with Gasteiger partial charge < -0.3 is 4.90 Å². The van der Waals surface area contributed by atoms with Gasteiger partial charge in [-0.15, -0.1) is 11.3 Å². The maximum absolute atomic E-state index is 13.1. The molecular formula is C26H21N3O3S2. The van der Waals surface area contributed by atoms with Gasteiger partial charge in [-0.05, 0) is 54.5 Å². The van der Waals surface area contributed by atoms with E-state index < -0.39 is 0 Å². The minimum Gasteiger partial charge on any atom is -0.311 e. The van der Waals surface area contributed by atoms with Crippen LogP contribution >= 0.6 is 23.1 Å². The van der Waals surface area contributed by atoms with Crippen molar-refractivity contribution < 1.29 is 14.4 Å². The number of thioether (sulfide) groups is 1. The summed E-state index contributed by atoms with van der Waals surface area (Å²) in [4.78, 5) is 47.0. The molecule has 2 aliphatic heterocycles. The number of imide groups is 1. The maximum Gasteiger partial charge on any atom is 0.238 e. The number of carbonyl (C=O) groups excluding carboxylic acids is 3. The Morgan fingerprint density at radius 1 is 1.06 bits per heavy atom. The molecule has 34 heavy (non-hydrogen) atoms. The lowest BCUT2D eigenvalue weighted by molar-refractivity contribution is -0.123. The molecule has 1 saturated heterocycles. The topological polar surface area (TPSA) is 70.6 Å². The highest BCUT2D eigenvalue weighted by Crippen LogP contribution is 2.53. The summed E-state index contributed by atoms with van der Waals surface area (Å²) in [6.07, 6.45) is 6.04. The van der Waals surface area contributed by atoms with Crippen molar-refractivity contribution in [1.29, 1.82) is 0 Å². The van der Waals surface area contributed by atoms with Crippen molar-refractivity contribution in [2.75, 3.05) is 22.1 Å². The van der Waals surface area contributed by atoms with Crippen molar-refractivity contribution >= 4 is 62.4 Å². The summed E-state index contributed by atoms with van der Waals surface area (Å²) in [6.45, 7) is 0.721. The van der Waals surface area contributed by atoms with E-state index in [4.69, 9.17) is 0 Å². The van der Waals surface area contributed by atoms with Crippen LogP contribution < -0.4 is 9.80 Å². The van der Waals surface area contributed by atoms with Crippen LogP contribution in [-0.4, -0.2) is 35.0 Å². The molecule has 0 radical (unpaired) electrons. The van der Waals surface area contributed by atoms with Crippen molar-refractivity contribution in [2.45, 2.75) is 17.2 Å². The Labute approximate surface area is 204 Å². The van der Waals surface area contributed by atoms with Gasteiger partial charge in [0.1, 0.15) is 0 Å². The molecule has 170 valence electrons. The van der Waals surface area contributed by atoms with E-state index in [0.717, 1.165) is 39.6 Å². The lowest BCUT2D eigenvalue weighted by atomic mass is 9.85. The normalized spacial score (nSPS) is 26.7. The lowest BCUT2D eigenvalue weighted by Gasteiger charge is -2.17. The highest BCUT2D eigenvalue weighted by molar-refractivity contribution is 8.01. The Morgan fingerprint density at radius 2 is 1.82 bits per heavy atom. The third-order valence-electron chi connectivity index (χ3n) is 7.59. The van der Waals surface area contributed by atoms with Gasteiger partial charge in [0.2, 0.25) is 17.7 Å². The molecule has 7 rings (SSSR count). The minimum absolute atomic E-state index is 0.0678. The van der Waals surface area contributed by atoms with Crippen LogP contribution in [-0.2, 0) is 20.8 Å². The molecule has 0 N–H and O–H groups in total. The van der Waals surface area contributed by atoms with Gasteiger partial charge in [0.15, 0.2) is 4.34 Å². The first-order valence-electron chi connectivity index (χ1n) is 11.6. The van der Waals surface area contributed by atoms with Crippen LogP contribution in [0.4, 0.5) is 11.4 Å². The van der Waals surface area contributed by atoms with Gasteiger partial charge in [0.25, 0.3) is 0 Å². The molecule has 2 fully saturated rings. The number of aromatic nitrogens is 1. The van der Waals surface area contributed by atoms with E-state index in [1.165, 1.54) is 33.6 Å². The quantitative estimate of drug-likeness (QED) is 0.312. The number of carbonyl (C=O) groups is 3. The summed E-state index contributed by atoms with van der Waals surface area (Å²) in [6, 6.07) is 13.6. The van der Waals surface area contributed by atoms with Crippen molar-refractivity contribution in [1.82, 2.24) is 4.98 Å². The number of thiazole rings is 1. The summed E-state index contributed by atoms with van der Waals surface area (Å²) in [5.41, 5.74) is 3.67. The predicted molar refractivity (Wildman–Crippen MR) is 133 cm³/mol. The number of nitrogens with zero attached hydrogens (tertiary/aromatic N) is 3. The first-order chi connectivity index (χ1) is 16.6. The van der Waals surface area contributed by atoms with Crippen LogP contribution in [0.5, 0.6) is 0 Å². The monoisotopic (exact) mass is 487 g/mol. The van der Waals surface area contributed by atoms with E-state index in [1.54, 1.807) is 0 Å². The Morgan fingerprint density at radius 3 is 2.62 bits per heavy atom. The van der Waals surface area contributed by atoms with Gasteiger partial charge in [-0.25, -0.2) is 9.88 Å². The largest absolute Gasteiger partial charge is 0.311 e. The van der Waals surface area contributed by atoms with Crippen molar-refractivity contribution in [3.05, 3.63) is 60.2 Å². The fraction of sp³-hybridized carbons (Fsp3) is 0.308. The molecule has 2 aromatic carbocycles. The third kappa shape index (κ3) is 2.94. The third-order valence-corrected chi connectivity index (χ3v) is 9.73. The number of anilines is 2. The average molecular weight is 488 g/mol. The number of allylic oxidation sites excluding steroid dienone is 2. The predicted octanol–water partition coefficient (Wildman–Crippen LogP) is 4.29. The second-order valence-electron chi connectivity index (χ2n) is 9.36. The van der Waals surface area contributed by atoms with Gasteiger partial charge in [0, 0.05) is 12.2 Å². The van der Waals surface area contributed by atoms with Gasteiger partial charge in [-0.3, -0.25) is 14.4 Å². The molecule has 1 saturated carbocycles. The zero-order chi connectivity index (χ0) is 23.0. The van der Waals surface area contributed by atoms with Gasteiger partial charge in [-0.2, -0.15) is 0 Å². The van der Waals surface area contributed by atoms with Crippen molar-refractivity contribution in [2.24, 2.45) is 23.7 Å². The molecule has 3 amide bonds. The lowest BCUT2D eigenvalue weighted by Crippen LogP contribution is -2.32.